The molecular formula is C15H13Br2NO3. The first-order valence-corrected chi connectivity index (χ1v) is 7.62. The second kappa shape index (κ2) is 6.95. The summed E-state index contributed by atoms with van der Waals surface area (Å²) >= 11 is 6.77. The molecule has 2 rings (SSSR count). The molecule has 0 heterocycles. The van der Waals surface area contributed by atoms with E-state index in [9.17, 15) is 4.79 Å². The molecule has 0 aliphatic rings. The highest BCUT2D eigenvalue weighted by Gasteiger charge is 2.15. The van der Waals surface area contributed by atoms with E-state index in [4.69, 9.17) is 9.47 Å². The maximum absolute atomic E-state index is 12.3. The van der Waals surface area contributed by atoms with Gasteiger partial charge in [0.15, 0.2) is 11.5 Å². The van der Waals surface area contributed by atoms with Crippen LogP contribution < -0.4 is 14.8 Å². The zero-order chi connectivity index (χ0) is 15.4. The highest BCUT2D eigenvalue weighted by atomic mass is 79.9. The zero-order valence-corrected chi connectivity index (χ0v) is 14.6. The molecule has 110 valence electrons. The standard InChI is InChI=1S/C15H13Br2NO3/c1-20-13-8-9(7-11(17)14(13)21-2)15(19)18-12-6-4-3-5-10(12)16/h3-8H,1-2H3,(H,18,19). The molecule has 2 aromatic rings. The SMILES string of the molecule is COc1cc(C(=O)Nc2ccccc2Br)cc(Br)c1OC. The average molecular weight is 415 g/mol. The zero-order valence-electron chi connectivity index (χ0n) is 11.4. The van der Waals surface area contributed by atoms with Crippen molar-refractivity contribution in [1.29, 1.82) is 0 Å². The van der Waals surface area contributed by atoms with Crippen LogP contribution in [0, 0.1) is 0 Å². The van der Waals surface area contributed by atoms with E-state index < -0.39 is 0 Å². The Morgan fingerprint density at radius 2 is 1.76 bits per heavy atom. The fraction of sp³-hybridized carbons (Fsp3) is 0.133. The minimum atomic E-state index is -0.233. The molecule has 0 aliphatic carbocycles. The first-order valence-electron chi connectivity index (χ1n) is 6.04. The lowest BCUT2D eigenvalue weighted by atomic mass is 10.2. The van der Waals surface area contributed by atoms with Gasteiger partial charge in [-0.2, -0.15) is 0 Å². The van der Waals surface area contributed by atoms with Crippen LogP contribution in [-0.4, -0.2) is 20.1 Å². The largest absolute Gasteiger partial charge is 0.493 e. The number of hydrogen-bond acceptors (Lipinski definition) is 3. The molecule has 1 N–H and O–H groups in total. The summed E-state index contributed by atoms with van der Waals surface area (Å²) in [4.78, 5) is 12.3. The number of nitrogens with one attached hydrogen (secondary N) is 1. The summed E-state index contributed by atoms with van der Waals surface area (Å²) in [6.07, 6.45) is 0. The van der Waals surface area contributed by atoms with Crippen LogP contribution in [-0.2, 0) is 0 Å². The van der Waals surface area contributed by atoms with E-state index in [0.29, 0.717) is 27.2 Å². The molecule has 1 amide bonds. The molecular weight excluding hydrogens is 402 g/mol. The molecule has 0 saturated carbocycles. The van der Waals surface area contributed by atoms with Crippen molar-refractivity contribution in [2.75, 3.05) is 19.5 Å². The average Bonchev–Trinajstić information content (AvgIpc) is 2.48. The summed E-state index contributed by atoms with van der Waals surface area (Å²) in [6, 6.07) is 10.7. The van der Waals surface area contributed by atoms with Gasteiger partial charge in [-0.15, -0.1) is 0 Å². The Kier molecular flexibility index (Phi) is 5.25. The summed E-state index contributed by atoms with van der Waals surface area (Å²) in [6.45, 7) is 0. The van der Waals surface area contributed by atoms with Gasteiger partial charge in [-0.3, -0.25) is 4.79 Å². The van der Waals surface area contributed by atoms with Crippen molar-refractivity contribution < 1.29 is 14.3 Å². The smallest absolute Gasteiger partial charge is 0.255 e. The maximum atomic E-state index is 12.3. The molecule has 0 atom stereocenters. The maximum Gasteiger partial charge on any atom is 0.255 e. The van der Waals surface area contributed by atoms with Gasteiger partial charge in [-0.1, -0.05) is 12.1 Å². The number of anilines is 1. The number of carbonyl (C=O) groups is 1. The summed E-state index contributed by atoms with van der Waals surface area (Å²) in [5.41, 5.74) is 1.17. The van der Waals surface area contributed by atoms with Crippen LogP contribution >= 0.6 is 31.9 Å². The van der Waals surface area contributed by atoms with Crippen molar-refractivity contribution in [3.05, 3.63) is 50.9 Å². The number of carbonyl (C=O) groups excluding carboxylic acids is 1. The van der Waals surface area contributed by atoms with E-state index >= 15 is 0 Å². The normalized spacial score (nSPS) is 10.1. The Balaban J connectivity index is 2.32. The molecule has 6 heteroatoms. The van der Waals surface area contributed by atoms with Crippen molar-refractivity contribution >= 4 is 43.5 Å². The molecule has 0 bridgehead atoms. The van der Waals surface area contributed by atoms with Gasteiger partial charge in [0.25, 0.3) is 5.91 Å². The number of rotatable bonds is 4. The van der Waals surface area contributed by atoms with E-state index in [2.05, 4.69) is 37.2 Å². The van der Waals surface area contributed by atoms with Gasteiger partial charge in [0.05, 0.1) is 24.4 Å². The first-order chi connectivity index (χ1) is 10.1. The third-order valence-corrected chi connectivity index (χ3v) is 4.10. The second-order valence-electron chi connectivity index (χ2n) is 4.13. The minimum absolute atomic E-state index is 0.233. The van der Waals surface area contributed by atoms with Gasteiger partial charge >= 0.3 is 0 Å². The van der Waals surface area contributed by atoms with Crippen LogP contribution in [0.3, 0.4) is 0 Å². The number of para-hydroxylation sites is 1. The second-order valence-corrected chi connectivity index (χ2v) is 5.84. The summed E-state index contributed by atoms with van der Waals surface area (Å²) in [7, 11) is 3.07. The summed E-state index contributed by atoms with van der Waals surface area (Å²) < 4.78 is 11.9. The fourth-order valence-electron chi connectivity index (χ4n) is 1.81. The third-order valence-electron chi connectivity index (χ3n) is 2.82. The van der Waals surface area contributed by atoms with Gasteiger partial charge in [0, 0.05) is 10.0 Å². The lowest BCUT2D eigenvalue weighted by Gasteiger charge is -2.12. The molecule has 4 nitrogen and oxygen atoms in total. The molecule has 0 fully saturated rings. The number of amides is 1. The number of halogens is 2. The fourth-order valence-corrected chi connectivity index (χ4v) is 2.79. The van der Waals surface area contributed by atoms with Crippen molar-refractivity contribution in [3.63, 3.8) is 0 Å². The lowest BCUT2D eigenvalue weighted by Crippen LogP contribution is -2.12. The molecule has 0 aliphatic heterocycles. The number of ether oxygens (including phenoxy) is 2. The van der Waals surface area contributed by atoms with Crippen LogP contribution in [0.4, 0.5) is 5.69 Å². The lowest BCUT2D eigenvalue weighted by molar-refractivity contribution is 0.102. The molecule has 0 radical (unpaired) electrons. The van der Waals surface area contributed by atoms with Crippen LogP contribution in [0.15, 0.2) is 45.3 Å². The van der Waals surface area contributed by atoms with Gasteiger partial charge < -0.3 is 14.8 Å². The van der Waals surface area contributed by atoms with Gasteiger partial charge in [-0.25, -0.2) is 0 Å². The Morgan fingerprint density at radius 1 is 1.05 bits per heavy atom. The predicted molar refractivity (Wildman–Crippen MR) is 89.3 cm³/mol. The van der Waals surface area contributed by atoms with Crippen LogP contribution in [0.1, 0.15) is 10.4 Å². The first kappa shape index (κ1) is 15.9. The van der Waals surface area contributed by atoms with Crippen molar-refractivity contribution in [2.45, 2.75) is 0 Å². The van der Waals surface area contributed by atoms with E-state index in [1.165, 1.54) is 7.11 Å². The number of benzene rings is 2. The number of methoxy groups -OCH3 is 2. The highest BCUT2D eigenvalue weighted by Crippen LogP contribution is 2.36. The highest BCUT2D eigenvalue weighted by molar-refractivity contribution is 9.11. The van der Waals surface area contributed by atoms with Crippen LogP contribution in [0.5, 0.6) is 11.5 Å². The molecule has 0 saturated heterocycles. The van der Waals surface area contributed by atoms with E-state index in [0.717, 1.165) is 4.47 Å². The number of hydrogen-bond donors (Lipinski definition) is 1. The molecule has 0 spiro atoms. The Morgan fingerprint density at radius 3 is 2.38 bits per heavy atom. The Bertz CT molecular complexity index is 674. The van der Waals surface area contributed by atoms with Crippen molar-refractivity contribution in [3.8, 4) is 11.5 Å². The molecule has 21 heavy (non-hydrogen) atoms. The van der Waals surface area contributed by atoms with Crippen LogP contribution in [0.2, 0.25) is 0 Å². The van der Waals surface area contributed by atoms with Crippen LogP contribution in [0.25, 0.3) is 0 Å². The summed E-state index contributed by atoms with van der Waals surface area (Å²) in [5, 5.41) is 2.84. The quantitative estimate of drug-likeness (QED) is 0.802. The summed E-state index contributed by atoms with van der Waals surface area (Å²) in [5.74, 6) is 0.808. The van der Waals surface area contributed by atoms with E-state index in [1.54, 1.807) is 19.2 Å². The monoisotopic (exact) mass is 413 g/mol. The Hall–Kier alpha value is -1.53. The van der Waals surface area contributed by atoms with Gasteiger partial charge in [0.2, 0.25) is 0 Å². The van der Waals surface area contributed by atoms with Gasteiger partial charge in [0.1, 0.15) is 0 Å². The van der Waals surface area contributed by atoms with Gasteiger partial charge in [-0.05, 0) is 56.1 Å². The molecule has 2 aromatic carbocycles. The predicted octanol–water partition coefficient (Wildman–Crippen LogP) is 4.48. The molecule has 0 aromatic heterocycles. The van der Waals surface area contributed by atoms with Crippen molar-refractivity contribution in [1.82, 2.24) is 0 Å². The Labute approximate surface area is 139 Å². The minimum Gasteiger partial charge on any atom is -0.493 e. The van der Waals surface area contributed by atoms with Crippen molar-refractivity contribution in [2.24, 2.45) is 0 Å². The van der Waals surface area contributed by atoms with E-state index in [1.807, 2.05) is 24.3 Å². The molecule has 0 unspecified atom stereocenters. The van der Waals surface area contributed by atoms with E-state index in [-0.39, 0.29) is 5.91 Å². The third kappa shape index (κ3) is 3.57. The topological polar surface area (TPSA) is 47.6 Å².